The van der Waals surface area contributed by atoms with Crippen LogP contribution in [0.25, 0.3) is 0 Å². The lowest BCUT2D eigenvalue weighted by Crippen LogP contribution is -2.56. The molecule has 1 unspecified atom stereocenters. The number of fused-ring (bicyclic) bond motifs is 1. The number of methoxy groups -OCH3 is 1. The monoisotopic (exact) mass is 462 g/mol. The SMILES string of the molecule is CO[C@H]1C([C@@]2(C)O[C@@H]2CC=C(C)C)[C@]2(CC[C@H]1OC(=O)N1C[C@@H]3[C@H](C1)[C@H]3C(=O)N(C)C)CO2. The number of carbonyl (C=O) groups excluding carboxylic acids is 2. The molecule has 3 aliphatic heterocycles. The summed E-state index contributed by atoms with van der Waals surface area (Å²) in [5.41, 5.74) is 0.707. The third-order valence-corrected chi connectivity index (χ3v) is 8.67. The van der Waals surface area contributed by atoms with Crippen molar-refractivity contribution >= 4 is 12.0 Å². The van der Waals surface area contributed by atoms with Gasteiger partial charge in [0.05, 0.1) is 18.6 Å². The summed E-state index contributed by atoms with van der Waals surface area (Å²) >= 11 is 0. The summed E-state index contributed by atoms with van der Waals surface area (Å²) in [5.74, 6) is 0.783. The van der Waals surface area contributed by atoms with E-state index in [1.165, 1.54) is 5.57 Å². The Bertz CT molecular complexity index is 838. The molecule has 5 fully saturated rings. The van der Waals surface area contributed by atoms with Crippen molar-refractivity contribution in [2.45, 2.75) is 69.5 Å². The Balaban J connectivity index is 1.22. The second-order valence-electron chi connectivity index (χ2n) is 11.3. The highest BCUT2D eigenvalue weighted by atomic mass is 16.6. The van der Waals surface area contributed by atoms with Gasteiger partial charge < -0.3 is 28.7 Å². The molecule has 9 atom stereocenters. The molecule has 3 saturated heterocycles. The van der Waals surface area contributed by atoms with Gasteiger partial charge in [0.25, 0.3) is 0 Å². The molecule has 1 spiro atoms. The zero-order valence-electron chi connectivity index (χ0n) is 20.7. The fourth-order valence-electron chi connectivity index (χ4n) is 6.61. The minimum absolute atomic E-state index is 0.0196. The average molecular weight is 463 g/mol. The number of piperidine rings is 1. The topological polar surface area (TPSA) is 84.1 Å². The van der Waals surface area contributed by atoms with Crippen LogP contribution in [0.1, 0.15) is 40.0 Å². The molecule has 0 aromatic rings. The summed E-state index contributed by atoms with van der Waals surface area (Å²) < 4.78 is 24.2. The molecular formula is C25H38N2O6. The van der Waals surface area contributed by atoms with Gasteiger partial charge in [0.2, 0.25) is 5.91 Å². The van der Waals surface area contributed by atoms with Crippen LogP contribution in [0.3, 0.4) is 0 Å². The lowest BCUT2D eigenvalue weighted by Gasteiger charge is -2.43. The molecule has 33 heavy (non-hydrogen) atoms. The minimum atomic E-state index is -0.344. The van der Waals surface area contributed by atoms with E-state index in [4.69, 9.17) is 18.9 Å². The van der Waals surface area contributed by atoms with E-state index in [0.29, 0.717) is 19.7 Å². The fraction of sp³-hybridized carbons (Fsp3) is 0.840. The summed E-state index contributed by atoms with van der Waals surface area (Å²) in [6, 6.07) is 0. The second kappa shape index (κ2) is 7.95. The maximum atomic E-state index is 13.0. The van der Waals surface area contributed by atoms with Crippen LogP contribution in [-0.4, -0.2) is 92.2 Å². The molecule has 184 valence electrons. The van der Waals surface area contributed by atoms with Crippen molar-refractivity contribution in [2.24, 2.45) is 23.7 Å². The highest BCUT2D eigenvalue weighted by Crippen LogP contribution is 2.60. The van der Waals surface area contributed by atoms with E-state index in [0.717, 1.165) is 19.3 Å². The number of allylic oxidation sites excluding steroid dienone is 1. The van der Waals surface area contributed by atoms with Gasteiger partial charge in [-0.1, -0.05) is 11.6 Å². The smallest absolute Gasteiger partial charge is 0.410 e. The van der Waals surface area contributed by atoms with Gasteiger partial charge >= 0.3 is 6.09 Å². The predicted octanol–water partition coefficient (Wildman–Crippen LogP) is 2.47. The largest absolute Gasteiger partial charge is 0.443 e. The standard InChI is InChI=1S/C25H38N2O6/c1-14(2)7-8-18-24(3,33-18)21-20(30-6)17(9-10-25(21)13-31-25)32-23(29)27-11-15-16(12-27)19(15)22(28)26(4)5/h7,15-21H,8-13H2,1-6H3/t15-,16+,17-,18-,19+,20-,21?,24+,25+/m1/s1. The molecule has 5 rings (SSSR count). The number of hydrogen-bond acceptors (Lipinski definition) is 6. The molecule has 2 amide bonds. The minimum Gasteiger partial charge on any atom is -0.443 e. The molecule has 2 saturated carbocycles. The lowest BCUT2D eigenvalue weighted by atomic mass is 9.68. The molecule has 8 nitrogen and oxygen atoms in total. The zero-order chi connectivity index (χ0) is 23.7. The van der Waals surface area contributed by atoms with E-state index >= 15 is 0 Å². The Labute approximate surface area is 196 Å². The van der Waals surface area contributed by atoms with E-state index in [9.17, 15) is 9.59 Å². The number of hydrogen-bond donors (Lipinski definition) is 0. The first-order chi connectivity index (χ1) is 15.6. The van der Waals surface area contributed by atoms with Crippen LogP contribution >= 0.6 is 0 Å². The summed E-state index contributed by atoms with van der Waals surface area (Å²) in [6.07, 6.45) is 3.88. The molecule has 2 aliphatic carbocycles. The molecule has 0 aromatic heterocycles. The van der Waals surface area contributed by atoms with E-state index in [-0.39, 0.29) is 65.2 Å². The predicted molar refractivity (Wildman–Crippen MR) is 121 cm³/mol. The van der Waals surface area contributed by atoms with Gasteiger partial charge in [-0.3, -0.25) is 4.79 Å². The van der Waals surface area contributed by atoms with Gasteiger partial charge in [0.15, 0.2) is 0 Å². The van der Waals surface area contributed by atoms with Crippen LogP contribution in [0.5, 0.6) is 0 Å². The van der Waals surface area contributed by atoms with Crippen molar-refractivity contribution in [2.75, 3.05) is 40.9 Å². The van der Waals surface area contributed by atoms with E-state index in [2.05, 4.69) is 26.8 Å². The molecule has 0 radical (unpaired) electrons. The Morgan fingerprint density at radius 2 is 1.88 bits per heavy atom. The maximum Gasteiger partial charge on any atom is 0.410 e. The molecule has 5 aliphatic rings. The van der Waals surface area contributed by atoms with Crippen molar-refractivity contribution < 1.29 is 28.5 Å². The summed E-state index contributed by atoms with van der Waals surface area (Å²) in [7, 11) is 5.27. The average Bonchev–Trinajstić information content (AvgIpc) is 3.72. The Hall–Kier alpha value is -1.64. The third-order valence-electron chi connectivity index (χ3n) is 8.67. The van der Waals surface area contributed by atoms with Crippen LogP contribution in [-0.2, 0) is 23.7 Å². The quantitative estimate of drug-likeness (QED) is 0.445. The lowest BCUT2D eigenvalue weighted by molar-refractivity contribution is -0.131. The van der Waals surface area contributed by atoms with E-state index < -0.39 is 0 Å². The molecule has 0 bridgehead atoms. The van der Waals surface area contributed by atoms with Crippen LogP contribution < -0.4 is 0 Å². The van der Waals surface area contributed by atoms with Gasteiger partial charge in [-0.25, -0.2) is 4.79 Å². The molecule has 0 N–H and O–H groups in total. The highest BCUT2D eigenvalue weighted by Gasteiger charge is 2.72. The van der Waals surface area contributed by atoms with Crippen LogP contribution in [0, 0.1) is 23.7 Å². The first-order valence-electron chi connectivity index (χ1n) is 12.3. The van der Waals surface area contributed by atoms with Gasteiger partial charge in [-0.05, 0) is 51.9 Å². The Kier molecular flexibility index (Phi) is 5.57. The number of epoxide rings is 2. The van der Waals surface area contributed by atoms with Gasteiger partial charge in [0.1, 0.15) is 23.4 Å². The van der Waals surface area contributed by atoms with E-state index in [1.807, 2.05) is 0 Å². The van der Waals surface area contributed by atoms with E-state index in [1.54, 1.807) is 31.0 Å². The number of likely N-dealkylation sites (tertiary alicyclic amines) is 1. The van der Waals surface area contributed by atoms with Crippen LogP contribution in [0.4, 0.5) is 4.79 Å². The molecular weight excluding hydrogens is 424 g/mol. The van der Waals surface area contributed by atoms with Crippen LogP contribution in [0.2, 0.25) is 0 Å². The number of carbonyl (C=O) groups is 2. The molecule has 8 heteroatoms. The second-order valence-corrected chi connectivity index (χ2v) is 11.3. The first kappa shape index (κ1) is 23.1. The Morgan fingerprint density at radius 1 is 1.21 bits per heavy atom. The third kappa shape index (κ3) is 3.88. The number of nitrogens with zero attached hydrogens (tertiary/aromatic N) is 2. The van der Waals surface area contributed by atoms with Crippen molar-refractivity contribution in [3.63, 3.8) is 0 Å². The van der Waals surface area contributed by atoms with Crippen molar-refractivity contribution in [1.29, 1.82) is 0 Å². The molecule has 3 heterocycles. The fourth-order valence-corrected chi connectivity index (χ4v) is 6.61. The zero-order valence-corrected chi connectivity index (χ0v) is 20.7. The summed E-state index contributed by atoms with van der Waals surface area (Å²) in [5, 5.41) is 0. The highest BCUT2D eigenvalue weighted by molar-refractivity contribution is 5.83. The maximum absolute atomic E-state index is 13.0. The summed E-state index contributed by atoms with van der Waals surface area (Å²) in [6.45, 7) is 8.25. The summed E-state index contributed by atoms with van der Waals surface area (Å²) in [4.78, 5) is 28.7. The van der Waals surface area contributed by atoms with Crippen molar-refractivity contribution in [3.05, 3.63) is 11.6 Å². The van der Waals surface area contributed by atoms with Gasteiger partial charge in [-0.15, -0.1) is 0 Å². The van der Waals surface area contributed by atoms with Crippen molar-refractivity contribution in [1.82, 2.24) is 9.80 Å². The first-order valence-corrected chi connectivity index (χ1v) is 12.3. The van der Waals surface area contributed by atoms with Crippen molar-refractivity contribution in [3.8, 4) is 0 Å². The van der Waals surface area contributed by atoms with Crippen LogP contribution in [0.15, 0.2) is 11.6 Å². The normalized spacial score (nSPS) is 44.8. The van der Waals surface area contributed by atoms with Gasteiger partial charge in [-0.2, -0.15) is 0 Å². The number of ether oxygens (including phenoxy) is 4. The Morgan fingerprint density at radius 3 is 2.42 bits per heavy atom. The number of amides is 2. The molecule has 0 aromatic carbocycles. The number of rotatable bonds is 6. The van der Waals surface area contributed by atoms with Gasteiger partial charge in [0, 0.05) is 40.2 Å².